The average molecular weight is 337 g/mol. The highest BCUT2D eigenvalue weighted by atomic mass is 32.2. The molecule has 24 heavy (non-hydrogen) atoms. The van der Waals surface area contributed by atoms with Gasteiger partial charge in [0.05, 0.1) is 6.04 Å². The molecule has 0 amide bonds. The fraction of sp³-hybridized carbons (Fsp3) is 0.286. The van der Waals surface area contributed by atoms with Crippen molar-refractivity contribution < 1.29 is 4.79 Å². The van der Waals surface area contributed by atoms with Gasteiger partial charge >= 0.3 is 0 Å². The smallest absolute Gasteiger partial charge is 0.152 e. The predicted molar refractivity (Wildman–Crippen MR) is 101 cm³/mol. The number of carbonyl (C=O) groups is 1. The maximum Gasteiger partial charge on any atom is 0.152 e. The van der Waals surface area contributed by atoms with Crippen LogP contribution in [0.3, 0.4) is 0 Å². The number of hydrogen-bond acceptors (Lipinski definition) is 3. The standard InChI is InChI=1S/C21H23NOS/c1-3-21(14-13-16(2)23)15-24-19-12-8-7-11-18(19)20(22-21)17-9-5-4-6-10-17/h4-14,20,22H,3,15H2,1-2H3/t20-,21-/m0/s1. The second-order valence-electron chi connectivity index (χ2n) is 6.27. The molecule has 2 atom stereocenters. The number of ketones is 1. The van der Waals surface area contributed by atoms with Crippen LogP contribution in [0, 0.1) is 0 Å². The number of hydrogen-bond donors (Lipinski definition) is 1. The molecule has 124 valence electrons. The number of benzene rings is 2. The first-order valence-electron chi connectivity index (χ1n) is 8.38. The fourth-order valence-electron chi connectivity index (χ4n) is 3.07. The molecule has 1 heterocycles. The van der Waals surface area contributed by atoms with Gasteiger partial charge in [0.15, 0.2) is 5.78 Å². The van der Waals surface area contributed by atoms with E-state index in [0.29, 0.717) is 0 Å². The first-order valence-corrected chi connectivity index (χ1v) is 9.36. The van der Waals surface area contributed by atoms with Gasteiger partial charge in [0.1, 0.15) is 0 Å². The number of nitrogens with one attached hydrogen (secondary N) is 1. The molecule has 2 nitrogen and oxygen atoms in total. The van der Waals surface area contributed by atoms with Crippen LogP contribution in [-0.4, -0.2) is 17.1 Å². The molecule has 0 saturated heterocycles. The Hall–Kier alpha value is -1.84. The van der Waals surface area contributed by atoms with Crippen molar-refractivity contribution in [1.82, 2.24) is 5.32 Å². The molecule has 0 bridgehead atoms. The Bertz CT molecular complexity index is 741. The summed E-state index contributed by atoms with van der Waals surface area (Å²) in [5.74, 6) is 1.00. The van der Waals surface area contributed by atoms with Crippen LogP contribution in [0.5, 0.6) is 0 Å². The summed E-state index contributed by atoms with van der Waals surface area (Å²) in [5.41, 5.74) is 2.36. The molecule has 0 aliphatic carbocycles. The lowest BCUT2D eigenvalue weighted by Gasteiger charge is -2.33. The molecule has 3 heteroatoms. The van der Waals surface area contributed by atoms with Gasteiger partial charge in [-0.2, -0.15) is 0 Å². The summed E-state index contributed by atoms with van der Waals surface area (Å²) in [6.07, 6.45) is 4.69. The number of thioether (sulfide) groups is 1. The Kier molecular flexibility index (Phi) is 5.22. The minimum absolute atomic E-state index is 0.0904. The monoisotopic (exact) mass is 337 g/mol. The molecule has 0 radical (unpaired) electrons. The maximum absolute atomic E-state index is 11.5. The number of allylic oxidation sites excluding steroid dienone is 1. The van der Waals surface area contributed by atoms with Crippen molar-refractivity contribution in [2.45, 2.75) is 36.7 Å². The molecule has 0 saturated carbocycles. The summed E-state index contributed by atoms with van der Waals surface area (Å²) in [7, 11) is 0. The van der Waals surface area contributed by atoms with Crippen molar-refractivity contribution in [2.24, 2.45) is 0 Å². The van der Waals surface area contributed by atoms with Crippen LogP contribution in [0.2, 0.25) is 0 Å². The lowest BCUT2D eigenvalue weighted by atomic mass is 9.91. The van der Waals surface area contributed by atoms with Crippen LogP contribution in [0.4, 0.5) is 0 Å². The zero-order chi connectivity index (χ0) is 17.0. The lowest BCUT2D eigenvalue weighted by Crippen LogP contribution is -2.46. The minimum atomic E-state index is -0.199. The second-order valence-corrected chi connectivity index (χ2v) is 7.29. The van der Waals surface area contributed by atoms with Crippen LogP contribution in [0.1, 0.15) is 37.4 Å². The van der Waals surface area contributed by atoms with Gasteiger partial charge in [-0.3, -0.25) is 10.1 Å². The minimum Gasteiger partial charge on any atom is -0.296 e. The first-order chi connectivity index (χ1) is 11.6. The van der Waals surface area contributed by atoms with Crippen LogP contribution in [0.15, 0.2) is 71.6 Å². The summed E-state index contributed by atoms with van der Waals surface area (Å²) < 4.78 is 0. The quantitative estimate of drug-likeness (QED) is 0.815. The fourth-order valence-corrected chi connectivity index (χ4v) is 4.39. The third kappa shape index (κ3) is 3.63. The largest absolute Gasteiger partial charge is 0.296 e. The summed E-state index contributed by atoms with van der Waals surface area (Å²) >= 11 is 1.87. The molecule has 2 aromatic rings. The second kappa shape index (κ2) is 7.37. The van der Waals surface area contributed by atoms with Crippen LogP contribution in [-0.2, 0) is 4.79 Å². The molecule has 1 aliphatic rings. The Morgan fingerprint density at radius 1 is 1.21 bits per heavy atom. The van der Waals surface area contributed by atoms with Gasteiger partial charge < -0.3 is 0 Å². The van der Waals surface area contributed by atoms with Crippen molar-refractivity contribution in [2.75, 3.05) is 5.75 Å². The zero-order valence-corrected chi connectivity index (χ0v) is 15.0. The third-order valence-electron chi connectivity index (χ3n) is 4.55. The molecule has 0 aromatic heterocycles. The van der Waals surface area contributed by atoms with Gasteiger partial charge in [-0.05, 0) is 36.6 Å². The molecular weight excluding hydrogens is 314 g/mol. The lowest BCUT2D eigenvalue weighted by molar-refractivity contribution is -0.112. The summed E-state index contributed by atoms with van der Waals surface area (Å²) in [6.45, 7) is 3.78. The van der Waals surface area contributed by atoms with Crippen molar-refractivity contribution in [1.29, 1.82) is 0 Å². The normalized spacial score (nSPS) is 23.7. The Morgan fingerprint density at radius 3 is 2.62 bits per heavy atom. The van der Waals surface area contributed by atoms with E-state index in [9.17, 15) is 4.79 Å². The van der Waals surface area contributed by atoms with Crippen LogP contribution >= 0.6 is 11.8 Å². The van der Waals surface area contributed by atoms with Gasteiger partial charge in [0.2, 0.25) is 0 Å². The molecule has 1 aliphatic heterocycles. The van der Waals surface area contributed by atoms with Gasteiger partial charge in [-0.15, -0.1) is 11.8 Å². The van der Waals surface area contributed by atoms with Gasteiger partial charge in [0, 0.05) is 16.2 Å². The summed E-state index contributed by atoms with van der Waals surface area (Å²) in [4.78, 5) is 12.8. The SMILES string of the molecule is CC[C@]1(C=CC(C)=O)CSc2ccccc2[C@H](c2ccccc2)N1. The highest BCUT2D eigenvalue weighted by Crippen LogP contribution is 2.39. The highest BCUT2D eigenvalue weighted by molar-refractivity contribution is 7.99. The summed E-state index contributed by atoms with van der Waals surface area (Å²) in [6, 6.07) is 19.2. The Balaban J connectivity index is 2.07. The van der Waals surface area contributed by atoms with Gasteiger partial charge in [-0.1, -0.05) is 61.5 Å². The van der Waals surface area contributed by atoms with E-state index in [-0.39, 0.29) is 17.4 Å². The van der Waals surface area contributed by atoms with E-state index in [2.05, 4.69) is 66.8 Å². The molecule has 0 spiro atoms. The maximum atomic E-state index is 11.5. The van der Waals surface area contributed by atoms with Gasteiger partial charge in [-0.25, -0.2) is 0 Å². The number of rotatable bonds is 4. The van der Waals surface area contributed by atoms with E-state index in [4.69, 9.17) is 0 Å². The molecule has 2 aromatic carbocycles. The molecule has 0 fully saturated rings. The van der Waals surface area contributed by atoms with E-state index in [1.54, 1.807) is 13.0 Å². The van der Waals surface area contributed by atoms with Crippen molar-refractivity contribution in [3.63, 3.8) is 0 Å². The zero-order valence-electron chi connectivity index (χ0n) is 14.2. The van der Waals surface area contributed by atoms with Crippen molar-refractivity contribution in [3.05, 3.63) is 77.9 Å². The topological polar surface area (TPSA) is 29.1 Å². The van der Waals surface area contributed by atoms with E-state index < -0.39 is 0 Å². The third-order valence-corrected chi connectivity index (χ3v) is 5.89. The van der Waals surface area contributed by atoms with Crippen molar-refractivity contribution in [3.8, 4) is 0 Å². The van der Waals surface area contributed by atoms with E-state index in [0.717, 1.165) is 12.2 Å². The predicted octanol–water partition coefficient (Wildman–Crippen LogP) is 4.77. The molecular formula is C21H23NOS. The van der Waals surface area contributed by atoms with E-state index in [1.165, 1.54) is 16.0 Å². The Morgan fingerprint density at radius 2 is 1.92 bits per heavy atom. The van der Waals surface area contributed by atoms with E-state index in [1.807, 2.05) is 17.8 Å². The number of carbonyl (C=O) groups excluding carboxylic acids is 1. The summed E-state index contributed by atoms with van der Waals surface area (Å²) in [5, 5.41) is 3.85. The van der Waals surface area contributed by atoms with Crippen LogP contribution < -0.4 is 5.32 Å². The highest BCUT2D eigenvalue weighted by Gasteiger charge is 2.33. The molecule has 3 rings (SSSR count). The molecule has 1 N–H and O–H groups in total. The first kappa shape index (κ1) is 17.0. The van der Waals surface area contributed by atoms with Crippen molar-refractivity contribution >= 4 is 17.5 Å². The van der Waals surface area contributed by atoms with E-state index >= 15 is 0 Å². The molecule has 0 unspecified atom stereocenters. The van der Waals surface area contributed by atoms with Gasteiger partial charge in [0.25, 0.3) is 0 Å². The van der Waals surface area contributed by atoms with Crippen LogP contribution in [0.25, 0.3) is 0 Å². The number of fused-ring (bicyclic) bond motifs is 1. The average Bonchev–Trinajstić information content (AvgIpc) is 2.79. The Labute approximate surface area is 148 Å².